The van der Waals surface area contributed by atoms with Crippen LogP contribution < -0.4 is 15.0 Å². The Balaban J connectivity index is 1.74. The molecular weight excluding hydrogens is 388 g/mol. The van der Waals surface area contributed by atoms with Crippen LogP contribution in [0.25, 0.3) is 33.7 Å². The van der Waals surface area contributed by atoms with Gasteiger partial charge in [0.25, 0.3) is 5.56 Å². The van der Waals surface area contributed by atoms with Gasteiger partial charge in [-0.05, 0) is 36.8 Å². The minimum absolute atomic E-state index is 0.249. The number of carboxylic acids is 1. The zero-order valence-corrected chi connectivity index (χ0v) is 16.0. The molecule has 2 heterocycles. The smallest absolute Gasteiger partial charge is 0.341 e. The van der Waals surface area contributed by atoms with Crippen molar-refractivity contribution >= 4 is 17.1 Å². The van der Waals surface area contributed by atoms with Crippen molar-refractivity contribution in [3.05, 3.63) is 59.1 Å². The number of imidazole rings is 1. The molecule has 9 heteroatoms. The molecule has 2 aromatic carbocycles. The van der Waals surface area contributed by atoms with E-state index >= 15 is 0 Å². The second kappa shape index (κ2) is 8.08. The van der Waals surface area contributed by atoms with Crippen LogP contribution in [0.5, 0.6) is 11.5 Å². The van der Waals surface area contributed by atoms with Crippen LogP contribution in [0.1, 0.15) is 6.92 Å². The van der Waals surface area contributed by atoms with Gasteiger partial charge < -0.3 is 24.5 Å². The highest BCUT2D eigenvalue weighted by Gasteiger charge is 2.13. The Morgan fingerprint density at radius 3 is 2.80 bits per heavy atom. The highest BCUT2D eigenvalue weighted by atomic mass is 16.5. The van der Waals surface area contributed by atoms with Crippen LogP contribution in [0.15, 0.2) is 53.6 Å². The molecule has 0 aliphatic carbocycles. The molecule has 4 rings (SSSR count). The van der Waals surface area contributed by atoms with Crippen molar-refractivity contribution in [3.8, 4) is 34.0 Å². The molecule has 0 radical (unpaired) electrons. The highest BCUT2D eigenvalue weighted by molar-refractivity contribution is 5.77. The van der Waals surface area contributed by atoms with Gasteiger partial charge in [-0.1, -0.05) is 18.2 Å². The second-order valence-corrected chi connectivity index (χ2v) is 6.37. The summed E-state index contributed by atoms with van der Waals surface area (Å²) in [6.45, 7) is 1.89. The number of rotatable bonds is 7. The topological polar surface area (TPSA) is 130 Å². The number of ether oxygens (including phenoxy) is 2. The number of hydrogen-bond acceptors (Lipinski definition) is 6. The summed E-state index contributed by atoms with van der Waals surface area (Å²) in [5.41, 5.74) is 2.60. The Morgan fingerprint density at radius 1 is 1.13 bits per heavy atom. The summed E-state index contributed by atoms with van der Waals surface area (Å²) in [5.74, 6) is 0.383. The molecule has 30 heavy (non-hydrogen) atoms. The van der Waals surface area contributed by atoms with Gasteiger partial charge in [-0.2, -0.15) is 0 Å². The monoisotopic (exact) mass is 406 g/mol. The Morgan fingerprint density at radius 2 is 2.00 bits per heavy atom. The lowest BCUT2D eigenvalue weighted by molar-refractivity contribution is -0.139. The van der Waals surface area contributed by atoms with E-state index in [2.05, 4.69) is 19.9 Å². The van der Waals surface area contributed by atoms with Crippen molar-refractivity contribution < 1.29 is 19.4 Å². The van der Waals surface area contributed by atoms with Gasteiger partial charge in [-0.15, -0.1) is 0 Å². The Hall–Kier alpha value is -4.14. The number of H-pyrrole nitrogens is 2. The maximum Gasteiger partial charge on any atom is 0.341 e. The van der Waals surface area contributed by atoms with Gasteiger partial charge in [-0.3, -0.25) is 4.79 Å². The van der Waals surface area contributed by atoms with Crippen LogP contribution in [0, 0.1) is 0 Å². The Labute approximate surface area is 170 Å². The summed E-state index contributed by atoms with van der Waals surface area (Å²) >= 11 is 0. The van der Waals surface area contributed by atoms with Crippen LogP contribution in [0.3, 0.4) is 0 Å². The van der Waals surface area contributed by atoms with Crippen LogP contribution in [-0.4, -0.2) is 44.2 Å². The average Bonchev–Trinajstić information content (AvgIpc) is 3.22. The predicted octanol–water partition coefficient (Wildman–Crippen LogP) is 2.84. The number of aromatic nitrogens is 4. The first-order chi connectivity index (χ1) is 14.5. The molecule has 0 bridgehead atoms. The number of carbonyl (C=O) groups is 1. The standard InChI is InChI=1S/C21H18N4O5/c1-2-29-16-9-13(19-24-20-18(21(28)25-19)22-11-23-20)6-7-15(16)12-4-3-5-14(8-12)30-10-17(26)27/h3-9,11H,2,10H2,1H3,(H,26,27)(H2,22,23,24,25,28). The minimum atomic E-state index is -1.05. The van der Waals surface area contributed by atoms with Gasteiger partial charge >= 0.3 is 5.97 Å². The average molecular weight is 406 g/mol. The quantitative estimate of drug-likeness (QED) is 0.430. The van der Waals surface area contributed by atoms with E-state index in [-0.39, 0.29) is 11.1 Å². The number of aliphatic carboxylic acids is 1. The molecule has 0 fully saturated rings. The van der Waals surface area contributed by atoms with Gasteiger partial charge in [-0.25, -0.2) is 14.8 Å². The largest absolute Gasteiger partial charge is 0.493 e. The predicted molar refractivity (Wildman–Crippen MR) is 110 cm³/mol. The Kier molecular flexibility index (Phi) is 5.17. The normalized spacial score (nSPS) is 10.8. The first-order valence-corrected chi connectivity index (χ1v) is 9.21. The van der Waals surface area contributed by atoms with E-state index < -0.39 is 12.6 Å². The van der Waals surface area contributed by atoms with Crippen molar-refractivity contribution in [2.75, 3.05) is 13.2 Å². The van der Waals surface area contributed by atoms with Crippen molar-refractivity contribution in [3.63, 3.8) is 0 Å². The molecule has 0 saturated heterocycles. The van der Waals surface area contributed by atoms with E-state index in [1.165, 1.54) is 6.33 Å². The highest BCUT2D eigenvalue weighted by Crippen LogP contribution is 2.35. The molecule has 9 nitrogen and oxygen atoms in total. The molecule has 3 N–H and O–H groups in total. The first kappa shape index (κ1) is 19.2. The fourth-order valence-electron chi connectivity index (χ4n) is 3.06. The van der Waals surface area contributed by atoms with Gasteiger partial charge in [0.2, 0.25) is 0 Å². The van der Waals surface area contributed by atoms with Gasteiger partial charge in [0, 0.05) is 11.1 Å². The molecule has 0 saturated carbocycles. The lowest BCUT2D eigenvalue weighted by Gasteiger charge is -2.13. The molecule has 0 aliphatic heterocycles. The lowest BCUT2D eigenvalue weighted by atomic mass is 10.0. The van der Waals surface area contributed by atoms with Crippen molar-refractivity contribution in [2.24, 2.45) is 0 Å². The van der Waals surface area contributed by atoms with Crippen LogP contribution in [0.4, 0.5) is 0 Å². The van der Waals surface area contributed by atoms with E-state index in [9.17, 15) is 9.59 Å². The number of aromatic amines is 2. The first-order valence-electron chi connectivity index (χ1n) is 9.21. The zero-order valence-electron chi connectivity index (χ0n) is 16.0. The van der Waals surface area contributed by atoms with Crippen molar-refractivity contribution in [1.29, 1.82) is 0 Å². The van der Waals surface area contributed by atoms with E-state index in [4.69, 9.17) is 14.6 Å². The summed E-state index contributed by atoms with van der Waals surface area (Å²) in [5, 5.41) is 8.80. The van der Waals surface area contributed by atoms with Crippen molar-refractivity contribution in [1.82, 2.24) is 19.9 Å². The van der Waals surface area contributed by atoms with Gasteiger partial charge in [0.1, 0.15) is 17.3 Å². The van der Waals surface area contributed by atoms with Gasteiger partial charge in [0.15, 0.2) is 17.8 Å². The number of fused-ring (bicyclic) bond motifs is 1. The van der Waals surface area contributed by atoms with Crippen molar-refractivity contribution in [2.45, 2.75) is 6.92 Å². The molecule has 0 aliphatic rings. The number of nitrogens with zero attached hydrogens (tertiary/aromatic N) is 2. The third-order valence-corrected chi connectivity index (χ3v) is 4.35. The fourth-order valence-corrected chi connectivity index (χ4v) is 3.06. The summed E-state index contributed by atoms with van der Waals surface area (Å²) < 4.78 is 11.1. The van der Waals surface area contributed by atoms with E-state index in [1.807, 2.05) is 25.1 Å². The maximum atomic E-state index is 12.2. The van der Waals surface area contributed by atoms with E-state index in [0.717, 1.165) is 11.1 Å². The van der Waals surface area contributed by atoms with Crippen LogP contribution in [0.2, 0.25) is 0 Å². The third-order valence-electron chi connectivity index (χ3n) is 4.35. The Bertz CT molecular complexity index is 1280. The number of benzene rings is 2. The number of nitrogens with one attached hydrogen (secondary N) is 2. The molecular formula is C21H18N4O5. The zero-order chi connectivity index (χ0) is 21.1. The minimum Gasteiger partial charge on any atom is -0.493 e. The van der Waals surface area contributed by atoms with E-state index in [0.29, 0.717) is 35.1 Å². The number of carboxylic acid groups (broad SMARTS) is 1. The molecule has 0 unspecified atom stereocenters. The lowest BCUT2D eigenvalue weighted by Crippen LogP contribution is -2.09. The molecule has 0 atom stereocenters. The summed E-state index contributed by atoms with van der Waals surface area (Å²) in [6.07, 6.45) is 1.42. The second-order valence-electron chi connectivity index (χ2n) is 6.37. The van der Waals surface area contributed by atoms with Crippen LogP contribution in [-0.2, 0) is 4.79 Å². The van der Waals surface area contributed by atoms with Crippen LogP contribution >= 0.6 is 0 Å². The third kappa shape index (κ3) is 3.86. The molecule has 4 aromatic rings. The summed E-state index contributed by atoms with van der Waals surface area (Å²) in [7, 11) is 0. The summed E-state index contributed by atoms with van der Waals surface area (Å²) in [4.78, 5) is 36.9. The molecule has 2 aromatic heterocycles. The summed E-state index contributed by atoms with van der Waals surface area (Å²) in [6, 6.07) is 12.6. The maximum absolute atomic E-state index is 12.2. The molecule has 0 spiro atoms. The SMILES string of the molecule is CCOc1cc(-c2nc3[nH]cnc3c(=O)[nH]2)ccc1-c1cccc(OCC(=O)O)c1. The van der Waals surface area contributed by atoms with E-state index in [1.54, 1.807) is 24.3 Å². The molecule has 152 valence electrons. The number of hydrogen-bond donors (Lipinski definition) is 3. The van der Waals surface area contributed by atoms with Gasteiger partial charge in [0.05, 0.1) is 12.9 Å². The fraction of sp³-hybridized carbons (Fsp3) is 0.143. The molecule has 0 amide bonds.